The summed E-state index contributed by atoms with van der Waals surface area (Å²) in [5.74, 6) is -0.294. The van der Waals surface area contributed by atoms with E-state index in [1.807, 2.05) is 12.1 Å². The summed E-state index contributed by atoms with van der Waals surface area (Å²) in [5, 5.41) is 0. The van der Waals surface area contributed by atoms with Crippen LogP contribution in [0.2, 0.25) is 0 Å². The predicted molar refractivity (Wildman–Crippen MR) is 101 cm³/mol. The van der Waals surface area contributed by atoms with E-state index in [-0.39, 0.29) is 12.0 Å². The standard InChI is InChI=1S/C22H23NO3/c1-25-22(24)18-9-5-8-17(10-18)19-11-20-14-26-15-21(12-19)23(20)13-16-6-3-2-4-7-16/h2-11,20-21H,12-15H2,1H3. The van der Waals surface area contributed by atoms with Gasteiger partial charge in [0.1, 0.15) is 0 Å². The Kier molecular flexibility index (Phi) is 4.87. The Morgan fingerprint density at radius 1 is 1.15 bits per heavy atom. The van der Waals surface area contributed by atoms with E-state index in [9.17, 15) is 4.79 Å². The molecule has 4 nitrogen and oxygen atoms in total. The number of carbonyl (C=O) groups is 1. The Morgan fingerprint density at radius 3 is 2.77 bits per heavy atom. The van der Waals surface area contributed by atoms with Crippen LogP contribution in [-0.2, 0) is 16.0 Å². The van der Waals surface area contributed by atoms with Crippen molar-refractivity contribution in [2.75, 3.05) is 20.3 Å². The summed E-state index contributed by atoms with van der Waals surface area (Å²) in [7, 11) is 1.41. The first kappa shape index (κ1) is 17.0. The van der Waals surface area contributed by atoms with Gasteiger partial charge in [0.05, 0.1) is 31.9 Å². The Labute approximate surface area is 154 Å². The van der Waals surface area contributed by atoms with Gasteiger partial charge in [-0.05, 0) is 35.3 Å². The van der Waals surface area contributed by atoms with Gasteiger partial charge in [0.15, 0.2) is 0 Å². The molecule has 2 atom stereocenters. The van der Waals surface area contributed by atoms with Crippen molar-refractivity contribution < 1.29 is 14.3 Å². The maximum Gasteiger partial charge on any atom is 0.337 e. The second-order valence-electron chi connectivity index (χ2n) is 6.88. The van der Waals surface area contributed by atoms with Crippen LogP contribution in [0.15, 0.2) is 60.7 Å². The molecule has 2 aromatic carbocycles. The van der Waals surface area contributed by atoms with Gasteiger partial charge >= 0.3 is 5.97 Å². The lowest BCUT2D eigenvalue weighted by molar-refractivity contribution is -0.0402. The zero-order valence-electron chi connectivity index (χ0n) is 14.9. The van der Waals surface area contributed by atoms with Gasteiger partial charge in [-0.2, -0.15) is 0 Å². The Balaban J connectivity index is 1.59. The van der Waals surface area contributed by atoms with E-state index in [2.05, 4.69) is 47.4 Å². The molecule has 0 amide bonds. The molecule has 0 radical (unpaired) electrons. The Morgan fingerprint density at radius 2 is 2.00 bits per heavy atom. The number of morpholine rings is 1. The second kappa shape index (κ2) is 7.44. The topological polar surface area (TPSA) is 38.8 Å². The van der Waals surface area contributed by atoms with Crippen LogP contribution >= 0.6 is 0 Å². The lowest BCUT2D eigenvalue weighted by atomic mass is 9.89. The van der Waals surface area contributed by atoms with Crippen molar-refractivity contribution in [1.82, 2.24) is 4.90 Å². The molecule has 2 bridgehead atoms. The number of ether oxygens (including phenoxy) is 2. The monoisotopic (exact) mass is 349 g/mol. The summed E-state index contributed by atoms with van der Waals surface area (Å²) in [5.41, 5.74) is 4.32. The van der Waals surface area contributed by atoms with Crippen LogP contribution in [-0.4, -0.2) is 43.3 Å². The van der Waals surface area contributed by atoms with Crippen LogP contribution in [0.4, 0.5) is 0 Å². The summed E-state index contributed by atoms with van der Waals surface area (Å²) in [6.45, 7) is 2.40. The molecule has 2 unspecified atom stereocenters. The van der Waals surface area contributed by atoms with Crippen LogP contribution in [0.5, 0.6) is 0 Å². The number of nitrogens with zero attached hydrogens (tertiary/aromatic N) is 1. The zero-order chi connectivity index (χ0) is 17.9. The van der Waals surface area contributed by atoms with Gasteiger partial charge < -0.3 is 9.47 Å². The Hall–Kier alpha value is -2.43. The highest BCUT2D eigenvalue weighted by Crippen LogP contribution is 2.33. The minimum atomic E-state index is -0.294. The SMILES string of the molecule is COC(=O)c1cccc(C2=CC3COCC(C2)N3Cc2ccccc2)c1. The normalized spacial score (nSPS) is 22.6. The number of esters is 1. The molecule has 134 valence electrons. The van der Waals surface area contributed by atoms with Crippen LogP contribution in [0.25, 0.3) is 5.57 Å². The van der Waals surface area contributed by atoms with Crippen molar-refractivity contribution in [2.24, 2.45) is 0 Å². The maximum atomic E-state index is 11.8. The van der Waals surface area contributed by atoms with Crippen molar-refractivity contribution >= 4 is 11.5 Å². The zero-order valence-corrected chi connectivity index (χ0v) is 14.9. The number of hydrogen-bond acceptors (Lipinski definition) is 4. The first-order valence-corrected chi connectivity index (χ1v) is 9.01. The smallest absolute Gasteiger partial charge is 0.337 e. The molecule has 2 aliphatic heterocycles. The quantitative estimate of drug-likeness (QED) is 0.792. The lowest BCUT2D eigenvalue weighted by Gasteiger charge is -2.45. The number of carbonyl (C=O) groups excluding carboxylic acids is 1. The molecular weight excluding hydrogens is 326 g/mol. The molecule has 0 spiro atoms. The van der Waals surface area contributed by atoms with Gasteiger partial charge in [-0.25, -0.2) is 4.79 Å². The van der Waals surface area contributed by atoms with Gasteiger partial charge in [0, 0.05) is 12.6 Å². The van der Waals surface area contributed by atoms with Crippen molar-refractivity contribution in [1.29, 1.82) is 0 Å². The summed E-state index contributed by atoms with van der Waals surface area (Å²) in [6.07, 6.45) is 3.23. The van der Waals surface area contributed by atoms with E-state index >= 15 is 0 Å². The fourth-order valence-electron chi connectivity index (χ4n) is 3.88. The number of rotatable bonds is 4. The van der Waals surface area contributed by atoms with Gasteiger partial charge in [0.25, 0.3) is 0 Å². The summed E-state index contributed by atoms with van der Waals surface area (Å²) < 4.78 is 10.7. The third-order valence-electron chi connectivity index (χ3n) is 5.21. The summed E-state index contributed by atoms with van der Waals surface area (Å²) in [6, 6.07) is 18.9. The van der Waals surface area contributed by atoms with Crippen molar-refractivity contribution in [3.8, 4) is 0 Å². The molecule has 0 saturated carbocycles. The van der Waals surface area contributed by atoms with Crippen LogP contribution in [0.1, 0.15) is 27.9 Å². The number of benzene rings is 2. The largest absolute Gasteiger partial charge is 0.465 e. The highest BCUT2D eigenvalue weighted by Gasteiger charge is 2.34. The first-order chi connectivity index (χ1) is 12.7. The molecule has 0 aromatic heterocycles. The van der Waals surface area contributed by atoms with Crippen LogP contribution in [0, 0.1) is 0 Å². The van der Waals surface area contributed by atoms with Crippen LogP contribution < -0.4 is 0 Å². The van der Waals surface area contributed by atoms with E-state index < -0.39 is 0 Å². The molecule has 0 aliphatic carbocycles. The van der Waals surface area contributed by atoms with Gasteiger partial charge in [0.2, 0.25) is 0 Å². The van der Waals surface area contributed by atoms with E-state index in [0.29, 0.717) is 18.2 Å². The molecule has 2 aromatic rings. The number of fused-ring (bicyclic) bond motifs is 2. The molecule has 2 heterocycles. The van der Waals surface area contributed by atoms with Gasteiger partial charge in [-0.3, -0.25) is 4.90 Å². The maximum absolute atomic E-state index is 11.8. The molecule has 1 saturated heterocycles. The molecule has 4 rings (SSSR count). The minimum Gasteiger partial charge on any atom is -0.465 e. The van der Waals surface area contributed by atoms with Crippen molar-refractivity contribution in [2.45, 2.75) is 25.0 Å². The van der Waals surface area contributed by atoms with Crippen molar-refractivity contribution in [3.05, 3.63) is 77.4 Å². The average molecular weight is 349 g/mol. The summed E-state index contributed by atoms with van der Waals surface area (Å²) in [4.78, 5) is 14.4. The average Bonchev–Trinajstić information content (AvgIpc) is 2.68. The van der Waals surface area contributed by atoms with E-state index in [0.717, 1.165) is 25.1 Å². The van der Waals surface area contributed by atoms with Gasteiger partial charge in [-0.1, -0.05) is 48.5 Å². The first-order valence-electron chi connectivity index (χ1n) is 9.01. The fraction of sp³-hybridized carbons (Fsp3) is 0.318. The van der Waals surface area contributed by atoms with Crippen LogP contribution in [0.3, 0.4) is 0 Å². The molecule has 4 heteroatoms. The molecule has 0 N–H and O–H groups in total. The van der Waals surface area contributed by atoms with Gasteiger partial charge in [-0.15, -0.1) is 0 Å². The third kappa shape index (κ3) is 3.43. The highest BCUT2D eigenvalue weighted by molar-refractivity contribution is 5.90. The minimum absolute atomic E-state index is 0.263. The molecule has 2 aliphatic rings. The third-order valence-corrected chi connectivity index (χ3v) is 5.21. The molecule has 26 heavy (non-hydrogen) atoms. The Bertz CT molecular complexity index is 815. The molecule has 1 fully saturated rings. The lowest BCUT2D eigenvalue weighted by Crippen LogP contribution is -2.53. The molecular formula is C22H23NO3. The fourth-order valence-corrected chi connectivity index (χ4v) is 3.88. The second-order valence-corrected chi connectivity index (χ2v) is 6.88. The predicted octanol–water partition coefficient (Wildman–Crippen LogP) is 3.53. The van der Waals surface area contributed by atoms with E-state index in [4.69, 9.17) is 9.47 Å². The number of hydrogen-bond donors (Lipinski definition) is 0. The number of methoxy groups -OCH3 is 1. The van der Waals surface area contributed by atoms with E-state index in [1.165, 1.54) is 18.2 Å². The van der Waals surface area contributed by atoms with Crippen molar-refractivity contribution in [3.63, 3.8) is 0 Å². The highest BCUT2D eigenvalue weighted by atomic mass is 16.5. The van der Waals surface area contributed by atoms with E-state index in [1.54, 1.807) is 6.07 Å². The summed E-state index contributed by atoms with van der Waals surface area (Å²) >= 11 is 0.